The van der Waals surface area contributed by atoms with E-state index in [1.54, 1.807) is 0 Å². The van der Waals surface area contributed by atoms with Gasteiger partial charge in [0, 0.05) is 19.5 Å². The van der Waals surface area contributed by atoms with E-state index < -0.39 is 0 Å². The number of carbonyl (C=O) groups is 1. The number of allylic oxidation sites excluding steroid dienone is 1. The first-order valence-corrected chi connectivity index (χ1v) is 8.54. The van der Waals surface area contributed by atoms with Gasteiger partial charge in [-0.3, -0.25) is 4.79 Å². The van der Waals surface area contributed by atoms with E-state index in [4.69, 9.17) is 0 Å². The number of benzene rings is 1. The first-order chi connectivity index (χ1) is 10.8. The zero-order valence-corrected chi connectivity index (χ0v) is 13.4. The van der Waals surface area contributed by atoms with Crippen molar-refractivity contribution in [1.82, 2.24) is 10.6 Å². The van der Waals surface area contributed by atoms with Crippen LogP contribution in [0.3, 0.4) is 0 Å². The molecule has 0 bridgehead atoms. The number of rotatable bonds is 9. The molecule has 2 N–H and O–H groups in total. The lowest BCUT2D eigenvalue weighted by Crippen LogP contribution is -2.29. The quantitative estimate of drug-likeness (QED) is 0.543. The third-order valence-electron chi connectivity index (χ3n) is 4.12. The topological polar surface area (TPSA) is 41.1 Å². The van der Waals surface area contributed by atoms with Crippen molar-refractivity contribution in [1.29, 1.82) is 0 Å². The summed E-state index contributed by atoms with van der Waals surface area (Å²) in [5.41, 5.74) is 2.85. The second kappa shape index (κ2) is 10.2. The van der Waals surface area contributed by atoms with E-state index in [0.29, 0.717) is 6.42 Å². The second-order valence-electron chi connectivity index (χ2n) is 5.94. The summed E-state index contributed by atoms with van der Waals surface area (Å²) in [6.07, 6.45) is 10.0. The molecule has 120 valence electrons. The van der Waals surface area contributed by atoms with Gasteiger partial charge in [-0.05, 0) is 50.6 Å². The average molecular weight is 300 g/mol. The zero-order valence-electron chi connectivity index (χ0n) is 13.4. The highest BCUT2D eigenvalue weighted by molar-refractivity contribution is 5.76. The van der Waals surface area contributed by atoms with Crippen molar-refractivity contribution >= 4 is 5.91 Å². The lowest BCUT2D eigenvalue weighted by Gasteiger charge is -2.13. The van der Waals surface area contributed by atoms with E-state index in [9.17, 15) is 4.79 Å². The fourth-order valence-electron chi connectivity index (χ4n) is 2.79. The van der Waals surface area contributed by atoms with E-state index in [0.717, 1.165) is 32.5 Å². The fraction of sp³-hybridized carbons (Fsp3) is 0.526. The lowest BCUT2D eigenvalue weighted by atomic mass is 9.97. The highest BCUT2D eigenvalue weighted by Crippen LogP contribution is 2.19. The molecule has 2 rings (SSSR count). The first kappa shape index (κ1) is 16.8. The molecule has 1 aliphatic rings. The van der Waals surface area contributed by atoms with Gasteiger partial charge >= 0.3 is 0 Å². The SMILES string of the molecule is O=C(CCNCCc1ccccc1)NCCC1=CCCCC1. The van der Waals surface area contributed by atoms with Crippen LogP contribution in [0.25, 0.3) is 0 Å². The van der Waals surface area contributed by atoms with Crippen molar-refractivity contribution in [3.8, 4) is 0 Å². The molecule has 0 radical (unpaired) electrons. The molecule has 1 aliphatic carbocycles. The van der Waals surface area contributed by atoms with Gasteiger partial charge in [0.2, 0.25) is 5.91 Å². The maximum absolute atomic E-state index is 11.7. The fourth-order valence-corrected chi connectivity index (χ4v) is 2.79. The molecule has 0 atom stereocenters. The summed E-state index contributed by atoms with van der Waals surface area (Å²) in [7, 11) is 0. The van der Waals surface area contributed by atoms with E-state index in [-0.39, 0.29) is 5.91 Å². The van der Waals surface area contributed by atoms with E-state index in [1.165, 1.54) is 36.8 Å². The molecule has 22 heavy (non-hydrogen) atoms. The average Bonchev–Trinajstić information content (AvgIpc) is 2.56. The Kier molecular flexibility index (Phi) is 7.75. The van der Waals surface area contributed by atoms with Crippen LogP contribution in [0.5, 0.6) is 0 Å². The van der Waals surface area contributed by atoms with Crippen LogP contribution >= 0.6 is 0 Å². The Morgan fingerprint density at radius 1 is 1.00 bits per heavy atom. The molecular weight excluding hydrogens is 272 g/mol. The van der Waals surface area contributed by atoms with Gasteiger partial charge in [-0.1, -0.05) is 42.0 Å². The van der Waals surface area contributed by atoms with Crippen LogP contribution in [0.1, 0.15) is 44.1 Å². The van der Waals surface area contributed by atoms with Gasteiger partial charge in [0.05, 0.1) is 0 Å². The number of amides is 1. The predicted molar refractivity (Wildman–Crippen MR) is 91.8 cm³/mol. The van der Waals surface area contributed by atoms with Crippen LogP contribution in [0.4, 0.5) is 0 Å². The molecule has 0 saturated carbocycles. The van der Waals surface area contributed by atoms with Crippen LogP contribution in [0.15, 0.2) is 42.0 Å². The molecule has 1 aromatic rings. The smallest absolute Gasteiger partial charge is 0.221 e. The third kappa shape index (κ3) is 6.90. The number of nitrogens with one attached hydrogen (secondary N) is 2. The van der Waals surface area contributed by atoms with E-state index in [1.807, 2.05) is 6.07 Å². The monoisotopic (exact) mass is 300 g/mol. The molecule has 3 nitrogen and oxygen atoms in total. The maximum atomic E-state index is 11.7. The van der Waals surface area contributed by atoms with Crippen LogP contribution in [0, 0.1) is 0 Å². The summed E-state index contributed by atoms with van der Waals surface area (Å²) in [6.45, 7) is 2.46. The molecule has 0 spiro atoms. The predicted octanol–water partition coefficient (Wildman–Crippen LogP) is 3.22. The Balaban J connectivity index is 1.46. The molecule has 0 heterocycles. The number of carbonyl (C=O) groups excluding carboxylic acids is 1. The molecule has 0 fully saturated rings. The number of hydrogen-bond acceptors (Lipinski definition) is 2. The molecule has 3 heteroatoms. The Morgan fingerprint density at radius 2 is 1.86 bits per heavy atom. The summed E-state index contributed by atoms with van der Waals surface area (Å²) in [6, 6.07) is 10.4. The van der Waals surface area contributed by atoms with Crippen LogP contribution in [-0.2, 0) is 11.2 Å². The van der Waals surface area contributed by atoms with Crippen molar-refractivity contribution < 1.29 is 4.79 Å². The second-order valence-corrected chi connectivity index (χ2v) is 5.94. The Labute approximate surface area is 134 Å². The standard InChI is InChI=1S/C19H28N2O/c22-19(21-16-12-18-9-5-2-6-10-18)13-15-20-14-11-17-7-3-1-4-8-17/h1,3-4,7-9,20H,2,5-6,10-16H2,(H,21,22). The van der Waals surface area contributed by atoms with E-state index in [2.05, 4.69) is 41.0 Å². The molecule has 0 saturated heterocycles. The summed E-state index contributed by atoms with van der Waals surface area (Å²) in [5, 5.41) is 6.35. The molecular formula is C19H28N2O. The van der Waals surface area contributed by atoms with Gasteiger partial charge in [0.1, 0.15) is 0 Å². The van der Waals surface area contributed by atoms with Gasteiger partial charge in [-0.15, -0.1) is 0 Å². The van der Waals surface area contributed by atoms with Crippen molar-refractivity contribution in [3.05, 3.63) is 47.5 Å². The van der Waals surface area contributed by atoms with E-state index >= 15 is 0 Å². The molecule has 1 amide bonds. The third-order valence-corrected chi connectivity index (χ3v) is 4.12. The number of hydrogen-bond donors (Lipinski definition) is 2. The molecule has 0 aliphatic heterocycles. The molecule has 1 aromatic carbocycles. The minimum atomic E-state index is 0.156. The van der Waals surface area contributed by atoms with Gasteiger partial charge in [-0.25, -0.2) is 0 Å². The van der Waals surface area contributed by atoms with Crippen molar-refractivity contribution in [2.75, 3.05) is 19.6 Å². The lowest BCUT2D eigenvalue weighted by molar-refractivity contribution is -0.120. The summed E-state index contributed by atoms with van der Waals surface area (Å²) in [5.74, 6) is 0.156. The van der Waals surface area contributed by atoms with Gasteiger partial charge < -0.3 is 10.6 Å². The van der Waals surface area contributed by atoms with Crippen molar-refractivity contribution in [2.24, 2.45) is 0 Å². The first-order valence-electron chi connectivity index (χ1n) is 8.54. The summed E-state index contributed by atoms with van der Waals surface area (Å²) < 4.78 is 0. The molecule has 0 unspecified atom stereocenters. The van der Waals surface area contributed by atoms with Gasteiger partial charge in [0.15, 0.2) is 0 Å². The van der Waals surface area contributed by atoms with Crippen LogP contribution in [0.2, 0.25) is 0 Å². The van der Waals surface area contributed by atoms with Crippen molar-refractivity contribution in [2.45, 2.75) is 44.9 Å². The zero-order chi connectivity index (χ0) is 15.5. The highest BCUT2D eigenvalue weighted by atomic mass is 16.1. The largest absolute Gasteiger partial charge is 0.356 e. The van der Waals surface area contributed by atoms with Gasteiger partial charge in [-0.2, -0.15) is 0 Å². The van der Waals surface area contributed by atoms with Gasteiger partial charge in [0.25, 0.3) is 0 Å². The van der Waals surface area contributed by atoms with Crippen molar-refractivity contribution in [3.63, 3.8) is 0 Å². The highest BCUT2D eigenvalue weighted by Gasteiger charge is 2.05. The minimum absolute atomic E-state index is 0.156. The maximum Gasteiger partial charge on any atom is 0.221 e. The Morgan fingerprint density at radius 3 is 2.64 bits per heavy atom. The van der Waals surface area contributed by atoms with Crippen LogP contribution in [-0.4, -0.2) is 25.5 Å². The summed E-state index contributed by atoms with van der Waals surface area (Å²) in [4.78, 5) is 11.7. The van der Waals surface area contributed by atoms with Crippen LogP contribution < -0.4 is 10.6 Å². The Bertz CT molecular complexity index is 468. The summed E-state index contributed by atoms with van der Waals surface area (Å²) >= 11 is 0. The molecule has 0 aromatic heterocycles. The normalized spacial score (nSPS) is 14.5. The minimum Gasteiger partial charge on any atom is -0.356 e. The Hall–Kier alpha value is -1.61.